The van der Waals surface area contributed by atoms with Gasteiger partial charge in [-0.2, -0.15) is 0 Å². The van der Waals surface area contributed by atoms with E-state index in [9.17, 15) is 0 Å². The molecule has 0 amide bonds. The van der Waals surface area contributed by atoms with Crippen LogP contribution in [-0.2, 0) is 0 Å². The van der Waals surface area contributed by atoms with Gasteiger partial charge >= 0.3 is 0 Å². The SMILES string of the molecule is CC(C)=CC1CCC(C)CC1C. The van der Waals surface area contributed by atoms with Gasteiger partial charge in [0.25, 0.3) is 0 Å². The van der Waals surface area contributed by atoms with E-state index in [1.54, 1.807) is 0 Å². The molecule has 0 aliphatic heterocycles. The largest absolute Gasteiger partial charge is 0.0825 e. The summed E-state index contributed by atoms with van der Waals surface area (Å²) in [5.74, 6) is 2.73. The van der Waals surface area contributed by atoms with E-state index < -0.39 is 0 Å². The van der Waals surface area contributed by atoms with Crippen LogP contribution in [0.2, 0.25) is 0 Å². The molecular weight excluding hydrogens is 144 g/mol. The molecule has 0 bridgehead atoms. The highest BCUT2D eigenvalue weighted by atomic mass is 14.3. The molecule has 1 fully saturated rings. The van der Waals surface area contributed by atoms with Crippen molar-refractivity contribution in [3.05, 3.63) is 11.6 Å². The molecule has 1 saturated carbocycles. The van der Waals surface area contributed by atoms with Crippen LogP contribution in [0, 0.1) is 17.8 Å². The number of rotatable bonds is 1. The number of allylic oxidation sites excluding steroid dienone is 2. The van der Waals surface area contributed by atoms with Gasteiger partial charge in [-0.1, -0.05) is 31.9 Å². The lowest BCUT2D eigenvalue weighted by molar-refractivity contribution is 0.242. The molecule has 1 rings (SSSR count). The van der Waals surface area contributed by atoms with Gasteiger partial charge in [0, 0.05) is 0 Å². The van der Waals surface area contributed by atoms with E-state index >= 15 is 0 Å². The maximum Gasteiger partial charge on any atom is -0.0205 e. The highest BCUT2D eigenvalue weighted by Crippen LogP contribution is 2.34. The van der Waals surface area contributed by atoms with Gasteiger partial charge < -0.3 is 0 Å². The van der Waals surface area contributed by atoms with E-state index in [-0.39, 0.29) is 0 Å². The van der Waals surface area contributed by atoms with Crippen molar-refractivity contribution in [2.24, 2.45) is 17.8 Å². The molecule has 0 heterocycles. The summed E-state index contributed by atoms with van der Waals surface area (Å²) in [6, 6.07) is 0. The van der Waals surface area contributed by atoms with E-state index in [4.69, 9.17) is 0 Å². The molecule has 0 aromatic rings. The van der Waals surface area contributed by atoms with E-state index in [2.05, 4.69) is 33.8 Å². The molecule has 0 radical (unpaired) electrons. The molecule has 0 N–H and O–H groups in total. The third kappa shape index (κ3) is 2.66. The predicted molar refractivity (Wildman–Crippen MR) is 55.1 cm³/mol. The fourth-order valence-corrected chi connectivity index (χ4v) is 2.36. The van der Waals surface area contributed by atoms with Gasteiger partial charge in [-0.15, -0.1) is 0 Å². The lowest BCUT2D eigenvalue weighted by Crippen LogP contribution is -2.19. The standard InChI is InChI=1S/C12H22/c1-9(2)7-12-6-5-10(3)8-11(12)4/h7,10-12H,5-6,8H2,1-4H3. The van der Waals surface area contributed by atoms with Crippen LogP contribution in [0.4, 0.5) is 0 Å². The van der Waals surface area contributed by atoms with Crippen molar-refractivity contribution >= 4 is 0 Å². The van der Waals surface area contributed by atoms with Gasteiger partial charge in [-0.3, -0.25) is 0 Å². The monoisotopic (exact) mass is 166 g/mol. The average molecular weight is 166 g/mol. The van der Waals surface area contributed by atoms with Crippen LogP contribution in [-0.4, -0.2) is 0 Å². The lowest BCUT2D eigenvalue weighted by atomic mass is 9.75. The zero-order valence-electron chi connectivity index (χ0n) is 8.93. The van der Waals surface area contributed by atoms with E-state index in [1.165, 1.54) is 24.8 Å². The van der Waals surface area contributed by atoms with E-state index in [0.29, 0.717) is 0 Å². The van der Waals surface area contributed by atoms with Crippen LogP contribution in [0.5, 0.6) is 0 Å². The first-order valence-corrected chi connectivity index (χ1v) is 5.24. The summed E-state index contributed by atoms with van der Waals surface area (Å²) >= 11 is 0. The minimum atomic E-state index is 0.867. The summed E-state index contributed by atoms with van der Waals surface area (Å²) in [6.45, 7) is 9.21. The van der Waals surface area contributed by atoms with Gasteiger partial charge in [0.15, 0.2) is 0 Å². The lowest BCUT2D eigenvalue weighted by Gasteiger charge is -2.30. The summed E-state index contributed by atoms with van der Waals surface area (Å²) in [4.78, 5) is 0. The summed E-state index contributed by atoms with van der Waals surface area (Å²) in [5, 5.41) is 0. The molecular formula is C12H22. The first-order chi connectivity index (χ1) is 5.59. The Morgan fingerprint density at radius 3 is 2.33 bits per heavy atom. The maximum absolute atomic E-state index is 2.47. The Labute approximate surface area is 77.1 Å². The summed E-state index contributed by atoms with van der Waals surface area (Å²) in [5.41, 5.74) is 1.49. The molecule has 1 aliphatic rings. The zero-order valence-corrected chi connectivity index (χ0v) is 8.93. The fourth-order valence-electron chi connectivity index (χ4n) is 2.36. The quantitative estimate of drug-likeness (QED) is 0.516. The third-order valence-corrected chi connectivity index (χ3v) is 3.05. The average Bonchev–Trinajstić information content (AvgIpc) is 1.94. The van der Waals surface area contributed by atoms with Crippen molar-refractivity contribution in [1.29, 1.82) is 0 Å². The second kappa shape index (κ2) is 4.11. The Kier molecular flexibility index (Phi) is 3.37. The highest BCUT2D eigenvalue weighted by Gasteiger charge is 2.23. The summed E-state index contributed by atoms with van der Waals surface area (Å²) in [6.07, 6.45) is 6.73. The normalized spacial score (nSPS) is 36.2. The van der Waals surface area contributed by atoms with Crippen LogP contribution in [0.3, 0.4) is 0 Å². The molecule has 3 unspecified atom stereocenters. The van der Waals surface area contributed by atoms with Crippen molar-refractivity contribution in [3.8, 4) is 0 Å². The van der Waals surface area contributed by atoms with Gasteiger partial charge in [-0.05, 0) is 44.4 Å². The van der Waals surface area contributed by atoms with E-state index in [1.807, 2.05) is 0 Å². The molecule has 12 heavy (non-hydrogen) atoms. The molecule has 0 saturated heterocycles. The summed E-state index contributed by atoms with van der Waals surface area (Å²) in [7, 11) is 0. The third-order valence-electron chi connectivity index (χ3n) is 3.05. The maximum atomic E-state index is 2.47. The van der Waals surface area contributed by atoms with Gasteiger partial charge in [0.1, 0.15) is 0 Å². The van der Waals surface area contributed by atoms with Crippen LogP contribution in [0.15, 0.2) is 11.6 Å². The van der Waals surface area contributed by atoms with Gasteiger partial charge in [-0.25, -0.2) is 0 Å². The first-order valence-electron chi connectivity index (χ1n) is 5.24. The minimum Gasteiger partial charge on any atom is -0.0825 e. The van der Waals surface area contributed by atoms with Crippen molar-refractivity contribution in [1.82, 2.24) is 0 Å². The highest BCUT2D eigenvalue weighted by molar-refractivity contribution is 5.00. The van der Waals surface area contributed by atoms with Crippen LogP contribution < -0.4 is 0 Å². The van der Waals surface area contributed by atoms with Crippen molar-refractivity contribution in [2.75, 3.05) is 0 Å². The summed E-state index contributed by atoms with van der Waals surface area (Å²) < 4.78 is 0. The molecule has 0 nitrogen and oxygen atoms in total. The van der Waals surface area contributed by atoms with Crippen LogP contribution >= 0.6 is 0 Å². The zero-order chi connectivity index (χ0) is 9.14. The molecule has 1 aliphatic carbocycles. The number of hydrogen-bond donors (Lipinski definition) is 0. The molecule has 3 atom stereocenters. The first kappa shape index (κ1) is 9.83. The predicted octanol–water partition coefficient (Wildman–Crippen LogP) is 4.02. The van der Waals surface area contributed by atoms with Crippen LogP contribution in [0.1, 0.15) is 47.0 Å². The fraction of sp³-hybridized carbons (Fsp3) is 0.833. The van der Waals surface area contributed by atoms with Gasteiger partial charge in [0.05, 0.1) is 0 Å². The van der Waals surface area contributed by atoms with Crippen molar-refractivity contribution in [3.63, 3.8) is 0 Å². The topological polar surface area (TPSA) is 0 Å². The van der Waals surface area contributed by atoms with Crippen molar-refractivity contribution < 1.29 is 0 Å². The molecule has 0 aromatic carbocycles. The van der Waals surface area contributed by atoms with E-state index in [0.717, 1.165) is 17.8 Å². The Morgan fingerprint density at radius 2 is 1.83 bits per heavy atom. The van der Waals surface area contributed by atoms with Gasteiger partial charge in [0.2, 0.25) is 0 Å². The molecule has 0 heteroatoms. The second-order valence-electron chi connectivity index (χ2n) is 4.80. The Bertz CT molecular complexity index is 163. The Balaban J connectivity index is 2.51. The van der Waals surface area contributed by atoms with Crippen LogP contribution in [0.25, 0.3) is 0 Å². The minimum absolute atomic E-state index is 0.867. The smallest absolute Gasteiger partial charge is 0.0205 e. The molecule has 70 valence electrons. The second-order valence-corrected chi connectivity index (χ2v) is 4.80. The van der Waals surface area contributed by atoms with Crippen molar-refractivity contribution in [2.45, 2.75) is 47.0 Å². The Morgan fingerprint density at radius 1 is 1.17 bits per heavy atom. The Hall–Kier alpha value is -0.260. The number of hydrogen-bond acceptors (Lipinski definition) is 0. The molecule has 0 aromatic heterocycles. The molecule has 0 spiro atoms.